The number of rotatable bonds is 4. The number of benzene rings is 2. The third-order valence-electron chi connectivity index (χ3n) is 3.60. The molecule has 0 amide bonds. The molecule has 1 heterocycles. The number of thiazole rings is 1. The number of aromatic nitrogens is 1. The van der Waals surface area contributed by atoms with Gasteiger partial charge in [-0.15, -0.1) is 11.3 Å². The van der Waals surface area contributed by atoms with Crippen molar-refractivity contribution in [3.63, 3.8) is 0 Å². The lowest BCUT2D eigenvalue weighted by Gasteiger charge is -2.02. The van der Waals surface area contributed by atoms with Crippen molar-refractivity contribution in [2.75, 3.05) is 5.32 Å². The maximum atomic E-state index is 9.44. The predicted molar refractivity (Wildman–Crippen MR) is 101 cm³/mol. The molecule has 4 heteroatoms. The van der Waals surface area contributed by atoms with E-state index in [9.17, 15) is 5.26 Å². The van der Waals surface area contributed by atoms with Crippen LogP contribution in [0.4, 0.5) is 5.69 Å². The average Bonchev–Trinajstić information content (AvgIpc) is 3.06. The molecule has 0 saturated carbocycles. The fourth-order valence-corrected chi connectivity index (χ4v) is 3.08. The van der Waals surface area contributed by atoms with Crippen LogP contribution in [0, 0.1) is 25.2 Å². The van der Waals surface area contributed by atoms with Gasteiger partial charge in [0.2, 0.25) is 0 Å². The zero-order valence-corrected chi connectivity index (χ0v) is 14.4. The van der Waals surface area contributed by atoms with Gasteiger partial charge in [-0.25, -0.2) is 4.98 Å². The van der Waals surface area contributed by atoms with Gasteiger partial charge in [0.1, 0.15) is 16.6 Å². The van der Waals surface area contributed by atoms with E-state index in [-0.39, 0.29) is 0 Å². The normalized spacial score (nSPS) is 11.1. The molecule has 0 atom stereocenters. The maximum absolute atomic E-state index is 9.44. The van der Waals surface area contributed by atoms with Gasteiger partial charge in [-0.2, -0.15) is 5.26 Å². The van der Waals surface area contributed by atoms with Crippen LogP contribution in [0.15, 0.2) is 60.1 Å². The van der Waals surface area contributed by atoms with Crippen molar-refractivity contribution in [2.24, 2.45) is 0 Å². The van der Waals surface area contributed by atoms with Crippen LogP contribution in [0.5, 0.6) is 0 Å². The van der Waals surface area contributed by atoms with E-state index in [1.807, 2.05) is 36.6 Å². The van der Waals surface area contributed by atoms with Gasteiger partial charge in [0.15, 0.2) is 0 Å². The van der Waals surface area contributed by atoms with Gasteiger partial charge in [0.05, 0.1) is 5.69 Å². The molecular weight excluding hydrogens is 314 g/mol. The molecule has 1 N–H and O–H groups in total. The van der Waals surface area contributed by atoms with E-state index in [1.54, 1.807) is 6.20 Å². The smallest absolute Gasteiger partial charge is 0.136 e. The van der Waals surface area contributed by atoms with E-state index in [0.717, 1.165) is 16.9 Å². The SMILES string of the molecule is Cc1ccc(-c2csc(/C(C#N)=C\Nc3cccc(C)c3)n2)cc1. The second-order valence-electron chi connectivity index (χ2n) is 5.59. The second kappa shape index (κ2) is 7.12. The fraction of sp³-hybridized carbons (Fsp3) is 0.100. The molecule has 0 bridgehead atoms. The van der Waals surface area contributed by atoms with Crippen molar-refractivity contribution < 1.29 is 0 Å². The first-order chi connectivity index (χ1) is 11.7. The van der Waals surface area contributed by atoms with Crippen molar-refractivity contribution in [3.05, 3.63) is 76.2 Å². The van der Waals surface area contributed by atoms with Crippen LogP contribution >= 0.6 is 11.3 Å². The Labute approximate surface area is 145 Å². The van der Waals surface area contributed by atoms with Crippen LogP contribution in [0.3, 0.4) is 0 Å². The van der Waals surface area contributed by atoms with Gasteiger partial charge < -0.3 is 5.32 Å². The highest BCUT2D eigenvalue weighted by Crippen LogP contribution is 2.26. The van der Waals surface area contributed by atoms with Crippen molar-refractivity contribution in [3.8, 4) is 17.3 Å². The Kier molecular flexibility index (Phi) is 4.74. The average molecular weight is 331 g/mol. The third-order valence-corrected chi connectivity index (χ3v) is 4.48. The first kappa shape index (κ1) is 16.0. The summed E-state index contributed by atoms with van der Waals surface area (Å²) in [4.78, 5) is 4.60. The Balaban J connectivity index is 1.82. The Morgan fingerprint density at radius 1 is 1.12 bits per heavy atom. The summed E-state index contributed by atoms with van der Waals surface area (Å²) in [7, 11) is 0. The minimum Gasteiger partial charge on any atom is -0.360 e. The molecule has 1 aromatic heterocycles. The van der Waals surface area contributed by atoms with Crippen molar-refractivity contribution in [1.29, 1.82) is 5.26 Å². The van der Waals surface area contributed by atoms with E-state index in [0.29, 0.717) is 10.6 Å². The first-order valence-corrected chi connectivity index (χ1v) is 8.50. The summed E-state index contributed by atoms with van der Waals surface area (Å²) in [5.74, 6) is 0. The summed E-state index contributed by atoms with van der Waals surface area (Å²) in [6, 6.07) is 18.5. The Hall–Kier alpha value is -2.90. The molecule has 0 aliphatic rings. The number of hydrogen-bond donors (Lipinski definition) is 1. The number of allylic oxidation sites excluding steroid dienone is 1. The fourth-order valence-electron chi connectivity index (χ4n) is 2.29. The molecule has 3 rings (SSSR count). The molecule has 3 aromatic rings. The molecule has 24 heavy (non-hydrogen) atoms. The molecule has 0 radical (unpaired) electrons. The highest BCUT2D eigenvalue weighted by Gasteiger charge is 2.08. The second-order valence-corrected chi connectivity index (χ2v) is 6.45. The minimum absolute atomic E-state index is 0.528. The number of aryl methyl sites for hydroxylation is 2. The number of anilines is 1. The summed E-state index contributed by atoms with van der Waals surface area (Å²) >= 11 is 1.48. The van der Waals surface area contributed by atoms with E-state index < -0.39 is 0 Å². The van der Waals surface area contributed by atoms with Gasteiger partial charge in [0, 0.05) is 22.8 Å². The molecule has 0 saturated heterocycles. The predicted octanol–water partition coefficient (Wildman–Crippen LogP) is 5.40. The van der Waals surface area contributed by atoms with Crippen molar-refractivity contribution in [1.82, 2.24) is 4.98 Å². The lowest BCUT2D eigenvalue weighted by Crippen LogP contribution is -1.91. The lowest BCUT2D eigenvalue weighted by atomic mass is 10.1. The number of hydrogen-bond acceptors (Lipinski definition) is 4. The van der Waals surface area contributed by atoms with E-state index >= 15 is 0 Å². The molecule has 118 valence electrons. The highest BCUT2D eigenvalue weighted by atomic mass is 32.1. The summed E-state index contributed by atoms with van der Waals surface area (Å²) in [6.45, 7) is 4.10. The van der Waals surface area contributed by atoms with Gasteiger partial charge in [-0.05, 0) is 31.5 Å². The van der Waals surface area contributed by atoms with Gasteiger partial charge >= 0.3 is 0 Å². The van der Waals surface area contributed by atoms with Crippen molar-refractivity contribution in [2.45, 2.75) is 13.8 Å². The van der Waals surface area contributed by atoms with Crippen LogP contribution < -0.4 is 5.32 Å². The quantitative estimate of drug-likeness (QED) is 0.651. The summed E-state index contributed by atoms with van der Waals surface area (Å²) in [6.07, 6.45) is 1.71. The zero-order valence-electron chi connectivity index (χ0n) is 13.6. The Bertz CT molecular complexity index is 915. The van der Waals surface area contributed by atoms with Gasteiger partial charge in [-0.3, -0.25) is 0 Å². The van der Waals surface area contributed by atoms with Crippen LogP contribution in [0.2, 0.25) is 0 Å². The molecule has 0 unspecified atom stereocenters. The highest BCUT2D eigenvalue weighted by molar-refractivity contribution is 7.11. The number of nitrogens with one attached hydrogen (secondary N) is 1. The van der Waals surface area contributed by atoms with Crippen LogP contribution in [-0.2, 0) is 0 Å². The summed E-state index contributed by atoms with van der Waals surface area (Å²) in [5, 5.41) is 15.3. The van der Waals surface area contributed by atoms with Gasteiger partial charge in [-0.1, -0.05) is 42.0 Å². The first-order valence-electron chi connectivity index (χ1n) is 7.62. The van der Waals surface area contributed by atoms with Gasteiger partial charge in [0.25, 0.3) is 0 Å². The topological polar surface area (TPSA) is 48.7 Å². The largest absolute Gasteiger partial charge is 0.360 e. The van der Waals surface area contributed by atoms with E-state index in [4.69, 9.17) is 0 Å². The lowest BCUT2D eigenvalue weighted by molar-refractivity contribution is 1.35. The molecule has 0 aliphatic heterocycles. The van der Waals surface area contributed by atoms with Crippen LogP contribution in [0.1, 0.15) is 16.1 Å². The molecular formula is C20H17N3S. The Morgan fingerprint density at radius 2 is 1.92 bits per heavy atom. The Morgan fingerprint density at radius 3 is 2.62 bits per heavy atom. The van der Waals surface area contributed by atoms with E-state index in [1.165, 1.54) is 22.5 Å². The molecule has 0 fully saturated rings. The third kappa shape index (κ3) is 3.70. The van der Waals surface area contributed by atoms with Crippen LogP contribution in [-0.4, -0.2) is 4.98 Å². The zero-order chi connectivity index (χ0) is 16.9. The molecule has 2 aromatic carbocycles. The number of nitriles is 1. The van der Waals surface area contributed by atoms with E-state index in [2.05, 4.69) is 47.6 Å². The monoisotopic (exact) mass is 331 g/mol. The summed E-state index contributed by atoms with van der Waals surface area (Å²) in [5.41, 5.74) is 5.83. The molecule has 0 spiro atoms. The minimum atomic E-state index is 0.528. The summed E-state index contributed by atoms with van der Waals surface area (Å²) < 4.78 is 0. The standard InChI is InChI=1S/C20H17N3S/c1-14-6-8-16(9-7-14)19-13-24-20(23-19)17(11-21)12-22-18-5-3-4-15(2)10-18/h3-10,12-13,22H,1-2H3/b17-12-. The maximum Gasteiger partial charge on any atom is 0.136 e. The van der Waals surface area contributed by atoms with Crippen molar-refractivity contribution >= 4 is 22.6 Å². The van der Waals surface area contributed by atoms with Crippen LogP contribution in [0.25, 0.3) is 16.8 Å². The molecule has 0 aliphatic carbocycles. The molecule has 3 nitrogen and oxygen atoms in total. The number of nitrogens with zero attached hydrogens (tertiary/aromatic N) is 2.